The van der Waals surface area contributed by atoms with Crippen molar-refractivity contribution < 1.29 is 54.0 Å². The van der Waals surface area contributed by atoms with E-state index in [2.05, 4.69) is 10.2 Å². The van der Waals surface area contributed by atoms with Crippen molar-refractivity contribution in [2.45, 2.75) is 58.9 Å². The third kappa shape index (κ3) is 11.7. The van der Waals surface area contributed by atoms with Crippen LogP contribution in [0, 0.1) is 0 Å². The van der Waals surface area contributed by atoms with Crippen LogP contribution in [0.25, 0.3) is 0 Å². The molecule has 4 N–H and O–H groups in total. The van der Waals surface area contributed by atoms with Crippen LogP contribution in [-0.2, 0) is 17.8 Å². The summed E-state index contributed by atoms with van der Waals surface area (Å²) in [6.07, 6.45) is 3.17. The first-order chi connectivity index (χ1) is 12.8. The summed E-state index contributed by atoms with van der Waals surface area (Å²) < 4.78 is 7.72. The third-order valence-corrected chi connectivity index (χ3v) is 3.08. The van der Waals surface area contributed by atoms with Gasteiger partial charge in [-0.2, -0.15) is 10.2 Å². The Morgan fingerprint density at radius 1 is 0.967 bits per heavy atom. The molecule has 2 heterocycles. The Hall–Kier alpha value is -2.16. The molecule has 0 aromatic carbocycles. The zero-order valence-electron chi connectivity index (χ0n) is 18.2. The minimum atomic E-state index is -1.06. The molecule has 0 bridgehead atoms. The van der Waals surface area contributed by atoms with Gasteiger partial charge in [0.15, 0.2) is 11.4 Å². The fourth-order valence-corrected chi connectivity index (χ4v) is 2.12. The second-order valence-corrected chi connectivity index (χ2v) is 7.45. The van der Waals surface area contributed by atoms with E-state index in [1.165, 1.54) is 21.6 Å². The van der Waals surface area contributed by atoms with E-state index < -0.39 is 23.1 Å². The molecule has 0 saturated heterocycles. The molecule has 30 heavy (non-hydrogen) atoms. The number of hydrogen-bond donors (Lipinski definition) is 3. The SMILES string of the molecule is CC(C)(O)Cn1ccc(C(=O)O)n1.CCOC(=O)c1ccn(CC(C)(C)O)n1.[Li+].[OH-]. The van der Waals surface area contributed by atoms with E-state index >= 15 is 0 Å². The van der Waals surface area contributed by atoms with Crippen molar-refractivity contribution in [2.24, 2.45) is 0 Å². The van der Waals surface area contributed by atoms with E-state index in [0.29, 0.717) is 13.2 Å². The Balaban J connectivity index is 0. The number of carbonyl (C=O) groups excluding carboxylic acids is 1. The van der Waals surface area contributed by atoms with Crippen LogP contribution in [0.15, 0.2) is 24.5 Å². The number of carboxylic acids is 1. The van der Waals surface area contributed by atoms with E-state index in [9.17, 15) is 19.8 Å². The molecule has 164 valence electrons. The zero-order valence-corrected chi connectivity index (χ0v) is 18.2. The summed E-state index contributed by atoms with van der Waals surface area (Å²) in [5, 5.41) is 35.3. The Bertz CT molecular complexity index is 791. The van der Waals surface area contributed by atoms with Crippen LogP contribution >= 0.6 is 0 Å². The molecule has 0 amide bonds. The predicted molar refractivity (Wildman–Crippen MR) is 102 cm³/mol. The molecule has 12 heteroatoms. The summed E-state index contributed by atoms with van der Waals surface area (Å²) in [4.78, 5) is 21.7. The average Bonchev–Trinajstić information content (AvgIpc) is 3.14. The number of rotatable bonds is 7. The second-order valence-electron chi connectivity index (χ2n) is 7.45. The molecule has 0 radical (unpaired) electrons. The van der Waals surface area contributed by atoms with E-state index in [0.717, 1.165) is 0 Å². The first kappa shape index (κ1) is 30.0. The van der Waals surface area contributed by atoms with Crippen molar-refractivity contribution in [1.82, 2.24) is 19.6 Å². The Morgan fingerprint density at radius 2 is 1.37 bits per heavy atom. The van der Waals surface area contributed by atoms with Gasteiger partial charge in [0.1, 0.15) is 0 Å². The van der Waals surface area contributed by atoms with Crippen molar-refractivity contribution in [2.75, 3.05) is 6.61 Å². The molecule has 2 aromatic rings. The van der Waals surface area contributed by atoms with Crippen LogP contribution in [0.5, 0.6) is 0 Å². The molecule has 11 nitrogen and oxygen atoms in total. The summed E-state index contributed by atoms with van der Waals surface area (Å²) in [5.74, 6) is -1.50. The van der Waals surface area contributed by atoms with Crippen LogP contribution in [0.1, 0.15) is 55.6 Å². The van der Waals surface area contributed by atoms with E-state index in [1.54, 1.807) is 46.9 Å². The van der Waals surface area contributed by atoms with Gasteiger partial charge in [0, 0.05) is 12.4 Å². The Kier molecular flexibility index (Phi) is 12.5. The van der Waals surface area contributed by atoms with Gasteiger partial charge in [0.05, 0.1) is 30.9 Å². The van der Waals surface area contributed by atoms with Gasteiger partial charge < -0.3 is 25.5 Å². The number of ether oxygens (including phenoxy) is 1. The van der Waals surface area contributed by atoms with Crippen molar-refractivity contribution in [3.05, 3.63) is 35.9 Å². The number of aliphatic hydroxyl groups is 2. The molecule has 0 spiro atoms. The minimum Gasteiger partial charge on any atom is -0.870 e. The number of nitrogens with zero attached hydrogens (tertiary/aromatic N) is 4. The van der Waals surface area contributed by atoms with Gasteiger partial charge in [-0.3, -0.25) is 9.36 Å². The monoisotopic (exact) mass is 420 g/mol. The largest absolute Gasteiger partial charge is 1.00 e. The van der Waals surface area contributed by atoms with Crippen LogP contribution in [0.4, 0.5) is 0 Å². The Labute approximate surface area is 187 Å². The average molecular weight is 420 g/mol. The molecular weight excluding hydrogens is 391 g/mol. The number of aromatic nitrogens is 4. The van der Waals surface area contributed by atoms with Crippen molar-refractivity contribution in [3.8, 4) is 0 Å². The molecule has 0 aliphatic carbocycles. The van der Waals surface area contributed by atoms with E-state index in [-0.39, 0.29) is 42.3 Å². The molecule has 0 atom stereocenters. The summed E-state index contributed by atoms with van der Waals surface area (Å²) in [6, 6.07) is 2.97. The normalized spacial score (nSPS) is 10.8. The van der Waals surface area contributed by atoms with Gasteiger partial charge in [-0.25, -0.2) is 9.59 Å². The van der Waals surface area contributed by atoms with Crippen molar-refractivity contribution >= 4 is 11.9 Å². The quantitative estimate of drug-likeness (QED) is 0.339. The van der Waals surface area contributed by atoms with Gasteiger partial charge in [0.25, 0.3) is 0 Å². The molecule has 2 aromatic heterocycles. The van der Waals surface area contributed by atoms with Gasteiger partial charge in [0.2, 0.25) is 0 Å². The first-order valence-corrected chi connectivity index (χ1v) is 8.73. The van der Waals surface area contributed by atoms with Gasteiger partial charge in [-0.15, -0.1) is 0 Å². The van der Waals surface area contributed by atoms with Gasteiger partial charge in [-0.05, 0) is 46.8 Å². The van der Waals surface area contributed by atoms with Crippen LogP contribution in [0.3, 0.4) is 0 Å². The predicted octanol–water partition coefficient (Wildman–Crippen LogP) is -1.99. The maximum atomic E-state index is 11.3. The number of aromatic carboxylic acids is 1. The molecule has 0 aliphatic heterocycles. The summed E-state index contributed by atoms with van der Waals surface area (Å²) in [6.45, 7) is 9.32. The standard InChI is InChI=1S/C10H16N2O3.C8H12N2O3.Li.H2O/c1-4-15-9(13)8-5-6-12(11-8)7-10(2,3)14;1-8(2,13)5-10-4-3-6(9-10)7(11)12;;/h5-6,14H,4,7H2,1-3H3;3-4,13H,5H2,1-2H3,(H,11,12);;1H2/q;;+1;/p-1. The topological polar surface area (TPSA) is 170 Å². The summed E-state index contributed by atoms with van der Waals surface area (Å²) in [7, 11) is 0. The Morgan fingerprint density at radius 3 is 1.70 bits per heavy atom. The number of carbonyl (C=O) groups is 2. The second kappa shape index (κ2) is 12.5. The number of carboxylic acid groups (broad SMARTS) is 1. The van der Waals surface area contributed by atoms with Gasteiger partial charge >= 0.3 is 30.8 Å². The maximum Gasteiger partial charge on any atom is 1.00 e. The molecule has 0 saturated carbocycles. The smallest absolute Gasteiger partial charge is 0.870 e. The van der Waals surface area contributed by atoms with E-state index in [1.807, 2.05) is 0 Å². The molecule has 0 aliphatic rings. The van der Waals surface area contributed by atoms with Crippen LogP contribution in [-0.4, -0.2) is 70.1 Å². The summed E-state index contributed by atoms with van der Waals surface area (Å²) in [5.41, 5.74) is -1.48. The van der Waals surface area contributed by atoms with Crippen molar-refractivity contribution in [3.63, 3.8) is 0 Å². The third-order valence-electron chi connectivity index (χ3n) is 3.08. The van der Waals surface area contributed by atoms with Crippen LogP contribution in [0.2, 0.25) is 0 Å². The van der Waals surface area contributed by atoms with E-state index in [4.69, 9.17) is 9.84 Å². The number of esters is 1. The fraction of sp³-hybridized carbons (Fsp3) is 0.556. The fourth-order valence-electron chi connectivity index (χ4n) is 2.12. The summed E-state index contributed by atoms with van der Waals surface area (Å²) >= 11 is 0. The minimum absolute atomic E-state index is 0. The zero-order chi connectivity index (χ0) is 21.5. The number of hydrogen-bond acceptors (Lipinski definition) is 8. The van der Waals surface area contributed by atoms with Crippen molar-refractivity contribution in [1.29, 1.82) is 0 Å². The molecule has 0 unspecified atom stereocenters. The molecule has 0 fully saturated rings. The molecule has 2 rings (SSSR count). The maximum absolute atomic E-state index is 11.3. The van der Waals surface area contributed by atoms with Crippen LogP contribution < -0.4 is 18.9 Å². The first-order valence-electron chi connectivity index (χ1n) is 8.73. The van der Waals surface area contributed by atoms with Gasteiger partial charge in [-0.1, -0.05) is 0 Å². The molecular formula is C18H29LiN4O7.